The topological polar surface area (TPSA) is 35.9 Å². The number of rotatable bonds is 6. The predicted octanol–water partition coefficient (Wildman–Crippen LogP) is 18.5. The summed E-state index contributed by atoms with van der Waals surface area (Å²) >= 11 is 0. The quantitative estimate of drug-likeness (QED) is 0.123. The molecule has 376 valence electrons. The van der Waals surface area contributed by atoms with Gasteiger partial charge in [0.25, 0.3) is 6.33 Å². The van der Waals surface area contributed by atoms with Crippen LogP contribution in [0.15, 0.2) is 212 Å². The summed E-state index contributed by atoms with van der Waals surface area (Å²) in [7, 11) is 0. The van der Waals surface area contributed by atoms with E-state index in [4.69, 9.17) is 13.8 Å². The summed E-state index contributed by atoms with van der Waals surface area (Å²) < 4.78 is 58.4. The monoisotopic (exact) mass is 1000 g/mol. The molecule has 12 aromatic rings. The first-order valence-electron chi connectivity index (χ1n) is 29.0. The van der Waals surface area contributed by atoms with E-state index in [2.05, 4.69) is 205 Å². The lowest BCUT2D eigenvalue weighted by Crippen LogP contribution is -2.32. The van der Waals surface area contributed by atoms with E-state index in [0.29, 0.717) is 22.6 Å². The Labute approximate surface area is 459 Å². The van der Waals surface area contributed by atoms with Crippen molar-refractivity contribution in [3.63, 3.8) is 0 Å². The SMILES string of the molecule is [2H]c1c([2H])c([2H])c(-c2cc3c4c(c2)n(-c2cccc(Oc5ccc6c7ccccc7n(-c7cc(C(C)(C)C)ccn7)c6c5)c2)[c-][n+]4-c2c(-c4cc(C(C)(C)C)cc(C(C)(C)C)c4)cccc2-c2ccccc2-c2ccccc2-3)c([2H])c1[2H]. The molecule has 4 heterocycles. The van der Waals surface area contributed by atoms with Gasteiger partial charge in [0.15, 0.2) is 0 Å². The van der Waals surface area contributed by atoms with Crippen molar-refractivity contribution in [1.82, 2.24) is 14.1 Å². The Kier molecular flexibility index (Phi) is 9.87. The average Bonchev–Trinajstić information content (AvgIpc) is 2.31. The van der Waals surface area contributed by atoms with Crippen LogP contribution in [0.25, 0.3) is 106 Å². The lowest BCUT2D eigenvalue weighted by molar-refractivity contribution is -0.570. The maximum atomic E-state index is 9.34. The van der Waals surface area contributed by atoms with Crippen LogP contribution in [-0.2, 0) is 16.2 Å². The molecule has 0 amide bonds. The van der Waals surface area contributed by atoms with Gasteiger partial charge in [0.05, 0.1) is 40.3 Å². The number of pyridine rings is 1. The number of benzene rings is 9. The number of ether oxygens (including phenoxy) is 1. The van der Waals surface area contributed by atoms with Gasteiger partial charge in [-0.1, -0.05) is 208 Å². The van der Waals surface area contributed by atoms with Crippen molar-refractivity contribution in [2.45, 2.75) is 78.6 Å². The van der Waals surface area contributed by atoms with Crippen molar-refractivity contribution in [3.05, 3.63) is 235 Å². The molecule has 1 aliphatic rings. The normalized spacial score (nSPS) is 13.4. The van der Waals surface area contributed by atoms with Gasteiger partial charge in [-0.2, -0.15) is 0 Å². The molecule has 77 heavy (non-hydrogen) atoms. The highest BCUT2D eigenvalue weighted by molar-refractivity contribution is 6.09. The number of para-hydroxylation sites is 2. The van der Waals surface area contributed by atoms with E-state index < -0.39 is 18.1 Å². The van der Waals surface area contributed by atoms with Gasteiger partial charge in [-0.05, 0) is 143 Å². The molecule has 0 aliphatic carbocycles. The third-order valence-electron chi connectivity index (χ3n) is 15.3. The van der Waals surface area contributed by atoms with Crippen LogP contribution in [0.2, 0.25) is 0 Å². The predicted molar refractivity (Wildman–Crippen MR) is 319 cm³/mol. The third kappa shape index (κ3) is 8.33. The average molecular weight is 1000 g/mol. The van der Waals surface area contributed by atoms with Crippen LogP contribution < -0.4 is 9.30 Å². The fourth-order valence-electron chi connectivity index (χ4n) is 11.2. The minimum atomic E-state index is -0.444. The molecule has 5 nitrogen and oxygen atoms in total. The van der Waals surface area contributed by atoms with Crippen molar-refractivity contribution in [2.75, 3.05) is 0 Å². The molecule has 0 saturated heterocycles. The Bertz CT molecular complexity index is 4560. The van der Waals surface area contributed by atoms with Gasteiger partial charge in [-0.3, -0.25) is 13.7 Å². The Morgan fingerprint density at radius 3 is 1.75 bits per heavy atom. The van der Waals surface area contributed by atoms with Crippen molar-refractivity contribution in [2.24, 2.45) is 0 Å². The molecule has 5 heteroatoms. The highest BCUT2D eigenvalue weighted by Crippen LogP contribution is 2.47. The zero-order chi connectivity index (χ0) is 57.3. The summed E-state index contributed by atoms with van der Waals surface area (Å²) in [5, 5.41) is 2.20. The summed E-state index contributed by atoms with van der Waals surface area (Å²) in [5.41, 5.74) is 16.9. The Hall–Kier alpha value is -8.80. The Morgan fingerprint density at radius 1 is 0.455 bits per heavy atom. The fourth-order valence-corrected chi connectivity index (χ4v) is 11.2. The summed E-state index contributed by atoms with van der Waals surface area (Å²) in [6.07, 6.45) is 5.83. The van der Waals surface area contributed by atoms with Gasteiger partial charge >= 0.3 is 0 Å². The molecule has 0 saturated carbocycles. The first-order valence-corrected chi connectivity index (χ1v) is 26.5. The molecule has 0 bridgehead atoms. The lowest BCUT2D eigenvalue weighted by Gasteiger charge is -2.27. The number of hydrogen-bond donors (Lipinski definition) is 0. The van der Waals surface area contributed by atoms with Crippen LogP contribution in [-0.4, -0.2) is 14.1 Å². The van der Waals surface area contributed by atoms with Gasteiger partial charge in [-0.15, -0.1) is 0 Å². The molecule has 1 aliphatic heterocycles. The van der Waals surface area contributed by atoms with E-state index in [1.165, 1.54) is 16.7 Å². The maximum Gasteiger partial charge on any atom is 0.269 e. The van der Waals surface area contributed by atoms with E-state index in [1.807, 2.05) is 59.3 Å². The second-order valence-electron chi connectivity index (χ2n) is 23.5. The third-order valence-corrected chi connectivity index (χ3v) is 15.3. The van der Waals surface area contributed by atoms with Gasteiger partial charge < -0.3 is 4.74 Å². The highest BCUT2D eigenvalue weighted by atomic mass is 16.5. The fraction of sp³-hybridized carbons (Fsp3) is 0.167. The molecule has 3 aromatic heterocycles. The van der Waals surface area contributed by atoms with Gasteiger partial charge in [0, 0.05) is 23.0 Å². The molecular weight excluding hydrogens is 937 g/mol. The smallest absolute Gasteiger partial charge is 0.269 e. The maximum absolute atomic E-state index is 9.34. The number of aromatic nitrogens is 4. The zero-order valence-corrected chi connectivity index (χ0v) is 45.0. The first kappa shape index (κ1) is 42.4. The number of nitrogens with zero attached hydrogens (tertiary/aromatic N) is 4. The summed E-state index contributed by atoms with van der Waals surface area (Å²) in [4.78, 5) is 4.92. The van der Waals surface area contributed by atoms with Crippen LogP contribution in [0, 0.1) is 6.33 Å². The standard InChI is InChI=1S/C72H62N4O/c1-70(2,3)49-35-36-73-67(42-49)76-64-32-18-17-29-60(64)61-34-33-54(44-65(61)76)77-53-24-19-23-52(43-53)74-45-75-68-55(48-37-50(71(4,5)6)41-51(38-48)72(7,8)9)30-20-31-62(68)58-27-15-13-25-56(58)57-26-14-16-28-59(57)63-39-47(40-66(74)69(63)75)46-21-11-10-12-22-46/h10-44H,1-9H3/i10D,11D,12D,21D,22D. The van der Waals surface area contributed by atoms with E-state index in [-0.39, 0.29) is 33.9 Å². The second-order valence-corrected chi connectivity index (χ2v) is 23.5. The molecule has 0 atom stereocenters. The van der Waals surface area contributed by atoms with Gasteiger partial charge in [-0.25, -0.2) is 4.98 Å². The summed E-state index contributed by atoms with van der Waals surface area (Å²) in [5.74, 6) is 2.06. The number of fused-ring (bicyclic) bond motifs is 10. The Morgan fingerprint density at radius 2 is 1.05 bits per heavy atom. The molecule has 13 rings (SSSR count). The number of hydrogen-bond acceptors (Lipinski definition) is 2. The first-order chi connectivity index (χ1) is 39.1. The summed E-state index contributed by atoms with van der Waals surface area (Å²) in [6.45, 7) is 20.2. The van der Waals surface area contributed by atoms with Crippen molar-refractivity contribution in [3.8, 4) is 84.3 Å². The summed E-state index contributed by atoms with van der Waals surface area (Å²) in [6, 6.07) is 59.6. The number of imidazole rings is 1. The molecule has 0 N–H and O–H groups in total. The van der Waals surface area contributed by atoms with Crippen LogP contribution >= 0.6 is 0 Å². The van der Waals surface area contributed by atoms with Crippen LogP contribution in [0.1, 0.15) is 85.9 Å². The Balaban J connectivity index is 1.09. The van der Waals surface area contributed by atoms with Crippen molar-refractivity contribution in [1.29, 1.82) is 0 Å². The molecule has 0 spiro atoms. The van der Waals surface area contributed by atoms with Crippen molar-refractivity contribution >= 4 is 32.8 Å². The molecular formula is C72H62N4O. The van der Waals surface area contributed by atoms with E-state index >= 15 is 0 Å². The van der Waals surface area contributed by atoms with Crippen LogP contribution in [0.4, 0.5) is 0 Å². The van der Waals surface area contributed by atoms with Gasteiger partial charge in [0.2, 0.25) is 0 Å². The van der Waals surface area contributed by atoms with E-state index in [1.54, 1.807) is 0 Å². The van der Waals surface area contributed by atoms with Crippen LogP contribution in [0.3, 0.4) is 0 Å². The molecule has 0 fully saturated rings. The largest absolute Gasteiger partial charge is 0.458 e. The molecule has 0 radical (unpaired) electrons. The molecule has 0 unspecified atom stereocenters. The van der Waals surface area contributed by atoms with E-state index in [9.17, 15) is 2.74 Å². The highest BCUT2D eigenvalue weighted by Gasteiger charge is 2.29. The lowest BCUT2D eigenvalue weighted by atomic mass is 9.78. The minimum absolute atomic E-state index is 0.0776. The zero-order valence-electron chi connectivity index (χ0n) is 50.0. The van der Waals surface area contributed by atoms with Crippen LogP contribution in [0.5, 0.6) is 11.5 Å². The second kappa shape index (κ2) is 17.9. The van der Waals surface area contributed by atoms with Crippen molar-refractivity contribution < 1.29 is 16.2 Å². The van der Waals surface area contributed by atoms with E-state index in [0.717, 1.165) is 89.0 Å². The minimum Gasteiger partial charge on any atom is -0.458 e. The van der Waals surface area contributed by atoms with Gasteiger partial charge in [0.1, 0.15) is 17.3 Å². The molecule has 9 aromatic carbocycles.